The quantitative estimate of drug-likeness (QED) is 0.462. The number of fused-ring (bicyclic) bond motifs is 1. The van der Waals surface area contributed by atoms with Crippen LogP contribution in [-0.2, 0) is 6.18 Å². The molecule has 3 rings (SSSR count). The van der Waals surface area contributed by atoms with Crippen LogP contribution < -0.4 is 19.7 Å². The van der Waals surface area contributed by atoms with Gasteiger partial charge in [0.25, 0.3) is 0 Å². The van der Waals surface area contributed by atoms with E-state index in [4.69, 9.17) is 13.9 Å². The molecule has 1 heterocycles. The number of ether oxygens (including phenoxy) is 2. The molecule has 0 aliphatic rings. The van der Waals surface area contributed by atoms with Gasteiger partial charge in [0, 0.05) is 4.90 Å². The fourth-order valence-corrected chi connectivity index (χ4v) is 3.25. The van der Waals surface area contributed by atoms with Gasteiger partial charge in [0.1, 0.15) is 0 Å². The number of hydrazine groups is 1. The summed E-state index contributed by atoms with van der Waals surface area (Å²) in [7, 11) is 2.84. The van der Waals surface area contributed by atoms with Crippen molar-refractivity contribution in [3.63, 3.8) is 0 Å². The van der Waals surface area contributed by atoms with Crippen molar-refractivity contribution >= 4 is 28.8 Å². The van der Waals surface area contributed by atoms with Crippen molar-refractivity contribution in [3.8, 4) is 11.5 Å². The highest BCUT2D eigenvalue weighted by Crippen LogP contribution is 2.38. The summed E-state index contributed by atoms with van der Waals surface area (Å²) in [5.41, 5.74) is 1.80. The number of para-hydroxylation sites is 1. The SMILES string of the molecule is COc1c(C(=O)NNSc2ccccc2C(F)(F)F)oc2c(OC)cccc12. The van der Waals surface area contributed by atoms with Gasteiger partial charge in [-0.05, 0) is 36.2 Å². The summed E-state index contributed by atoms with van der Waals surface area (Å²) >= 11 is 0.616. The molecule has 0 saturated carbocycles. The zero-order valence-corrected chi connectivity index (χ0v) is 15.5. The van der Waals surface area contributed by atoms with Gasteiger partial charge in [-0.25, -0.2) is 0 Å². The molecule has 0 unspecified atom stereocenters. The molecule has 0 atom stereocenters. The lowest BCUT2D eigenvalue weighted by molar-refractivity contribution is -0.139. The standard InChI is InChI=1S/C18H15F3N2O4S/c1-25-12-8-5-6-10-14(12)27-16(15(10)26-2)17(24)22-23-28-13-9-4-3-7-11(13)18(19,20)21/h3-9,23H,1-2H3,(H,22,24). The highest BCUT2D eigenvalue weighted by molar-refractivity contribution is 7.97. The molecule has 6 nitrogen and oxygen atoms in total. The number of nitrogens with one attached hydrogen (secondary N) is 2. The van der Waals surface area contributed by atoms with Crippen LogP contribution in [-0.4, -0.2) is 20.1 Å². The lowest BCUT2D eigenvalue weighted by atomic mass is 10.2. The Hall–Kier alpha value is -2.85. The number of halogens is 3. The van der Waals surface area contributed by atoms with E-state index in [-0.39, 0.29) is 16.4 Å². The maximum atomic E-state index is 13.0. The van der Waals surface area contributed by atoms with Gasteiger partial charge in [-0.3, -0.25) is 10.2 Å². The maximum Gasteiger partial charge on any atom is 0.417 e. The van der Waals surface area contributed by atoms with Crippen LogP contribution in [0.4, 0.5) is 13.2 Å². The van der Waals surface area contributed by atoms with Crippen LogP contribution in [0.5, 0.6) is 11.5 Å². The third kappa shape index (κ3) is 3.87. The van der Waals surface area contributed by atoms with E-state index in [1.807, 2.05) is 0 Å². The topological polar surface area (TPSA) is 72.7 Å². The molecule has 0 fully saturated rings. The van der Waals surface area contributed by atoms with E-state index < -0.39 is 17.6 Å². The Bertz CT molecular complexity index is 1000. The van der Waals surface area contributed by atoms with Gasteiger partial charge < -0.3 is 13.9 Å². The molecule has 10 heteroatoms. The molecule has 0 saturated heterocycles. The fourth-order valence-electron chi connectivity index (χ4n) is 2.56. The van der Waals surface area contributed by atoms with E-state index in [1.165, 1.54) is 32.4 Å². The van der Waals surface area contributed by atoms with Crippen LogP contribution in [0, 0.1) is 0 Å². The molecule has 0 aliphatic heterocycles. The Morgan fingerprint density at radius 2 is 1.82 bits per heavy atom. The highest BCUT2D eigenvalue weighted by Gasteiger charge is 2.33. The number of methoxy groups -OCH3 is 2. The van der Waals surface area contributed by atoms with Crippen molar-refractivity contribution in [1.29, 1.82) is 0 Å². The lowest BCUT2D eigenvalue weighted by Crippen LogP contribution is -2.32. The molecule has 3 aromatic rings. The number of hydrogen-bond donors (Lipinski definition) is 2. The molecule has 1 aromatic heterocycles. The summed E-state index contributed by atoms with van der Waals surface area (Å²) in [6.07, 6.45) is -4.51. The number of benzene rings is 2. The highest BCUT2D eigenvalue weighted by atomic mass is 32.2. The normalized spacial score (nSPS) is 11.5. The molecule has 2 N–H and O–H groups in total. The van der Waals surface area contributed by atoms with Gasteiger partial charge in [0.2, 0.25) is 5.76 Å². The summed E-state index contributed by atoms with van der Waals surface area (Å²) in [4.78, 5) is 14.8. The zero-order chi connectivity index (χ0) is 20.3. The first-order valence-corrected chi connectivity index (χ1v) is 8.70. The van der Waals surface area contributed by atoms with Gasteiger partial charge in [-0.1, -0.05) is 18.2 Å². The summed E-state index contributed by atoms with van der Waals surface area (Å²) < 4.78 is 55.1. The zero-order valence-electron chi connectivity index (χ0n) is 14.7. The molecular weight excluding hydrogens is 397 g/mol. The summed E-state index contributed by atoms with van der Waals surface area (Å²) in [5, 5.41) is 0.530. The van der Waals surface area contributed by atoms with Crippen LogP contribution in [0.2, 0.25) is 0 Å². The first kappa shape index (κ1) is 19.9. The van der Waals surface area contributed by atoms with E-state index in [1.54, 1.807) is 18.2 Å². The number of alkyl halides is 3. The average Bonchev–Trinajstić information content (AvgIpc) is 3.06. The van der Waals surface area contributed by atoms with Crippen molar-refractivity contribution in [2.24, 2.45) is 0 Å². The van der Waals surface area contributed by atoms with Crippen LogP contribution in [0.3, 0.4) is 0 Å². The molecule has 0 spiro atoms. The number of furan rings is 1. The molecule has 1 amide bonds. The second-order valence-corrected chi connectivity index (χ2v) is 6.30. The van der Waals surface area contributed by atoms with Gasteiger partial charge in [0.05, 0.1) is 25.2 Å². The van der Waals surface area contributed by atoms with Crippen LogP contribution in [0.15, 0.2) is 51.8 Å². The van der Waals surface area contributed by atoms with Crippen molar-refractivity contribution in [1.82, 2.24) is 10.3 Å². The van der Waals surface area contributed by atoms with Crippen LogP contribution >= 0.6 is 11.9 Å². The second kappa shape index (κ2) is 8.03. The number of carbonyl (C=O) groups is 1. The summed E-state index contributed by atoms with van der Waals surface area (Å²) in [6, 6.07) is 10.1. The Balaban J connectivity index is 1.78. The molecule has 0 bridgehead atoms. The van der Waals surface area contributed by atoms with Crippen LogP contribution in [0.25, 0.3) is 11.0 Å². The van der Waals surface area contributed by atoms with Gasteiger partial charge in [-0.15, -0.1) is 0 Å². The minimum Gasteiger partial charge on any atom is -0.493 e. The van der Waals surface area contributed by atoms with E-state index in [0.717, 1.165) is 6.07 Å². The van der Waals surface area contributed by atoms with Crippen molar-refractivity contribution < 1.29 is 31.9 Å². The molecule has 2 aromatic carbocycles. The molecule has 0 aliphatic carbocycles. The predicted octanol–water partition coefficient (Wildman–Crippen LogP) is 4.41. The van der Waals surface area contributed by atoms with E-state index >= 15 is 0 Å². The lowest BCUT2D eigenvalue weighted by Gasteiger charge is -2.12. The number of amides is 1. The van der Waals surface area contributed by atoms with Gasteiger partial charge >= 0.3 is 12.1 Å². The van der Waals surface area contributed by atoms with Crippen molar-refractivity contribution in [3.05, 3.63) is 53.8 Å². The third-order valence-electron chi connectivity index (χ3n) is 3.78. The van der Waals surface area contributed by atoms with Crippen molar-refractivity contribution in [2.45, 2.75) is 11.1 Å². The Labute approximate surface area is 162 Å². The molecule has 148 valence electrons. The largest absolute Gasteiger partial charge is 0.493 e. The second-order valence-electron chi connectivity index (χ2n) is 5.45. The molecular formula is C18H15F3N2O4S. The Morgan fingerprint density at radius 1 is 1.07 bits per heavy atom. The third-order valence-corrected chi connectivity index (χ3v) is 4.56. The number of hydrogen-bond acceptors (Lipinski definition) is 6. The van der Waals surface area contributed by atoms with E-state index in [2.05, 4.69) is 10.3 Å². The first-order chi connectivity index (χ1) is 13.4. The summed E-state index contributed by atoms with van der Waals surface area (Å²) in [6.45, 7) is 0. The predicted molar refractivity (Wildman–Crippen MR) is 97.2 cm³/mol. The van der Waals surface area contributed by atoms with E-state index in [0.29, 0.717) is 28.7 Å². The monoisotopic (exact) mass is 412 g/mol. The smallest absolute Gasteiger partial charge is 0.417 e. The Kier molecular flexibility index (Phi) is 5.71. The number of carbonyl (C=O) groups excluding carboxylic acids is 1. The Morgan fingerprint density at radius 3 is 2.50 bits per heavy atom. The first-order valence-electron chi connectivity index (χ1n) is 7.88. The molecule has 28 heavy (non-hydrogen) atoms. The van der Waals surface area contributed by atoms with Crippen LogP contribution in [0.1, 0.15) is 16.1 Å². The maximum absolute atomic E-state index is 13.0. The van der Waals surface area contributed by atoms with E-state index in [9.17, 15) is 18.0 Å². The van der Waals surface area contributed by atoms with Gasteiger partial charge in [-0.2, -0.15) is 18.0 Å². The van der Waals surface area contributed by atoms with Crippen molar-refractivity contribution in [2.75, 3.05) is 14.2 Å². The fraction of sp³-hybridized carbons (Fsp3) is 0.167. The average molecular weight is 412 g/mol. The summed E-state index contributed by atoms with van der Waals surface area (Å²) in [5.74, 6) is -0.253. The minimum atomic E-state index is -4.51. The minimum absolute atomic E-state index is 0.0893. The van der Waals surface area contributed by atoms with Gasteiger partial charge in [0.15, 0.2) is 17.1 Å². The number of rotatable bonds is 6. The molecule has 0 radical (unpaired) electrons.